The number of nitrogens with two attached hydrogens (primary N) is 1. The van der Waals surface area contributed by atoms with Gasteiger partial charge in [-0.1, -0.05) is 42.5 Å². The van der Waals surface area contributed by atoms with E-state index < -0.39 is 0 Å². The van der Waals surface area contributed by atoms with Crippen molar-refractivity contribution in [1.29, 1.82) is 0 Å². The molecule has 0 heterocycles. The van der Waals surface area contributed by atoms with Crippen molar-refractivity contribution in [3.8, 4) is 0 Å². The van der Waals surface area contributed by atoms with Crippen LogP contribution in [0.4, 0.5) is 0 Å². The Morgan fingerprint density at radius 3 is 3.00 bits per heavy atom. The molecule has 0 atom stereocenters. The number of fused-ring (bicyclic) bond motifs is 1. The first-order chi connectivity index (χ1) is 7.27. The van der Waals surface area contributed by atoms with E-state index in [2.05, 4.69) is 18.2 Å². The van der Waals surface area contributed by atoms with Crippen LogP contribution in [0, 0.1) is 0 Å². The molecule has 2 N–H and O–H groups in total. The minimum atomic E-state index is -0.277. The van der Waals surface area contributed by atoms with Crippen LogP contribution in [0.3, 0.4) is 0 Å². The van der Waals surface area contributed by atoms with Crippen LogP contribution in [0.1, 0.15) is 16.7 Å². The summed E-state index contributed by atoms with van der Waals surface area (Å²) in [6.45, 7) is 0. The summed E-state index contributed by atoms with van der Waals surface area (Å²) in [4.78, 5) is 10.9. The van der Waals surface area contributed by atoms with Crippen molar-refractivity contribution >= 4 is 12.0 Å². The van der Waals surface area contributed by atoms with Crippen molar-refractivity contribution in [3.63, 3.8) is 0 Å². The van der Waals surface area contributed by atoms with Gasteiger partial charge in [-0.25, -0.2) is 0 Å². The fraction of sp³-hybridized carbons (Fsp3) is 0.154. The van der Waals surface area contributed by atoms with Gasteiger partial charge in [0.15, 0.2) is 0 Å². The van der Waals surface area contributed by atoms with Crippen molar-refractivity contribution in [2.45, 2.75) is 12.8 Å². The maximum atomic E-state index is 10.9. The number of amides is 1. The van der Waals surface area contributed by atoms with Gasteiger partial charge in [-0.05, 0) is 23.1 Å². The molecule has 0 radical (unpaired) electrons. The molecule has 1 aromatic carbocycles. The summed E-state index contributed by atoms with van der Waals surface area (Å²) in [6.07, 6.45) is 9.38. The van der Waals surface area contributed by atoms with Crippen molar-refractivity contribution in [3.05, 3.63) is 53.1 Å². The normalized spacial score (nSPS) is 13.3. The summed E-state index contributed by atoms with van der Waals surface area (Å²) in [5.41, 5.74) is 8.65. The quantitative estimate of drug-likeness (QED) is 0.776. The summed E-state index contributed by atoms with van der Waals surface area (Å²) < 4.78 is 0. The molecule has 1 amide bonds. The predicted molar refractivity (Wildman–Crippen MR) is 61.2 cm³/mol. The van der Waals surface area contributed by atoms with Gasteiger partial charge < -0.3 is 5.73 Å². The first-order valence-corrected chi connectivity index (χ1v) is 4.99. The van der Waals surface area contributed by atoms with E-state index in [9.17, 15) is 4.79 Å². The maximum absolute atomic E-state index is 10.9. The van der Waals surface area contributed by atoms with Crippen molar-refractivity contribution in [2.75, 3.05) is 0 Å². The lowest BCUT2D eigenvalue weighted by Crippen LogP contribution is -2.15. The summed E-state index contributed by atoms with van der Waals surface area (Å²) in [5.74, 6) is -0.277. The first-order valence-electron chi connectivity index (χ1n) is 4.99. The van der Waals surface area contributed by atoms with Gasteiger partial charge in [-0.2, -0.15) is 0 Å². The number of benzene rings is 1. The SMILES string of the molecule is NC(=O)Cc1cccc2c1CC=CC=C2. The van der Waals surface area contributed by atoms with Gasteiger partial charge in [0.05, 0.1) is 6.42 Å². The van der Waals surface area contributed by atoms with Crippen LogP contribution in [0.15, 0.2) is 36.4 Å². The van der Waals surface area contributed by atoms with Gasteiger partial charge in [0.1, 0.15) is 0 Å². The summed E-state index contributed by atoms with van der Waals surface area (Å²) >= 11 is 0. The van der Waals surface area contributed by atoms with Gasteiger partial charge in [-0.15, -0.1) is 0 Å². The van der Waals surface area contributed by atoms with E-state index in [4.69, 9.17) is 5.73 Å². The van der Waals surface area contributed by atoms with Crippen LogP contribution in [0.2, 0.25) is 0 Å². The summed E-state index contributed by atoms with van der Waals surface area (Å²) in [5, 5.41) is 0. The highest BCUT2D eigenvalue weighted by Gasteiger charge is 2.08. The second-order valence-electron chi connectivity index (χ2n) is 3.62. The highest BCUT2D eigenvalue weighted by Crippen LogP contribution is 2.20. The molecule has 0 aromatic heterocycles. The van der Waals surface area contributed by atoms with Crippen molar-refractivity contribution in [1.82, 2.24) is 0 Å². The Morgan fingerprint density at radius 2 is 2.20 bits per heavy atom. The Hall–Kier alpha value is -1.83. The molecule has 0 saturated carbocycles. The number of carbonyl (C=O) groups excluding carboxylic acids is 1. The second-order valence-corrected chi connectivity index (χ2v) is 3.62. The smallest absolute Gasteiger partial charge is 0.221 e. The molecule has 2 heteroatoms. The molecule has 1 aromatic rings. The van der Waals surface area contributed by atoms with Crippen LogP contribution in [-0.2, 0) is 17.6 Å². The Bertz CT molecular complexity index is 444. The predicted octanol–water partition coefficient (Wildman–Crippen LogP) is 1.84. The third-order valence-corrected chi connectivity index (χ3v) is 2.52. The zero-order valence-electron chi connectivity index (χ0n) is 8.44. The average molecular weight is 199 g/mol. The fourth-order valence-electron chi connectivity index (χ4n) is 1.84. The van der Waals surface area contributed by atoms with E-state index in [0.717, 1.165) is 12.0 Å². The minimum absolute atomic E-state index is 0.277. The number of primary amides is 1. The lowest BCUT2D eigenvalue weighted by molar-refractivity contribution is -0.117. The zero-order chi connectivity index (χ0) is 10.7. The molecule has 2 nitrogen and oxygen atoms in total. The Morgan fingerprint density at radius 1 is 1.33 bits per heavy atom. The third kappa shape index (κ3) is 2.15. The van der Waals surface area contributed by atoms with Crippen molar-refractivity contribution in [2.24, 2.45) is 5.73 Å². The molecule has 76 valence electrons. The van der Waals surface area contributed by atoms with Crippen LogP contribution in [0.5, 0.6) is 0 Å². The monoisotopic (exact) mass is 199 g/mol. The molecule has 1 aliphatic carbocycles. The Kier molecular flexibility index (Phi) is 2.68. The highest BCUT2D eigenvalue weighted by molar-refractivity contribution is 5.77. The second kappa shape index (κ2) is 4.13. The molecule has 0 saturated heterocycles. The van der Waals surface area contributed by atoms with Gasteiger partial charge >= 0.3 is 0 Å². The van der Waals surface area contributed by atoms with E-state index in [1.54, 1.807) is 0 Å². The van der Waals surface area contributed by atoms with Gasteiger partial charge in [0.2, 0.25) is 5.91 Å². The molecular weight excluding hydrogens is 186 g/mol. The minimum Gasteiger partial charge on any atom is -0.369 e. The molecule has 2 rings (SSSR count). The van der Waals surface area contributed by atoms with Gasteiger partial charge in [0, 0.05) is 0 Å². The molecule has 0 bridgehead atoms. The van der Waals surface area contributed by atoms with Crippen LogP contribution in [-0.4, -0.2) is 5.91 Å². The number of rotatable bonds is 2. The average Bonchev–Trinajstić information content (AvgIpc) is 2.42. The number of carbonyl (C=O) groups is 1. The summed E-state index contributed by atoms with van der Waals surface area (Å²) in [7, 11) is 0. The maximum Gasteiger partial charge on any atom is 0.221 e. The van der Waals surface area contributed by atoms with E-state index in [0.29, 0.717) is 6.42 Å². The highest BCUT2D eigenvalue weighted by atomic mass is 16.1. The van der Waals surface area contributed by atoms with E-state index in [1.807, 2.05) is 24.3 Å². The largest absolute Gasteiger partial charge is 0.369 e. The van der Waals surface area contributed by atoms with Crippen LogP contribution >= 0.6 is 0 Å². The van der Waals surface area contributed by atoms with E-state index in [-0.39, 0.29) is 5.91 Å². The van der Waals surface area contributed by atoms with Crippen molar-refractivity contribution < 1.29 is 4.79 Å². The molecular formula is C13H13NO. The number of allylic oxidation sites excluding steroid dienone is 3. The lowest BCUT2D eigenvalue weighted by Gasteiger charge is -2.08. The summed E-state index contributed by atoms with van der Waals surface area (Å²) in [6, 6.07) is 5.99. The number of hydrogen-bond donors (Lipinski definition) is 1. The molecule has 1 aliphatic rings. The molecule has 15 heavy (non-hydrogen) atoms. The third-order valence-electron chi connectivity index (χ3n) is 2.52. The van der Waals surface area contributed by atoms with Crippen LogP contribution in [0.25, 0.3) is 6.08 Å². The molecule has 0 spiro atoms. The standard InChI is InChI=1S/C13H13NO/c14-13(15)9-11-7-4-6-10-5-2-1-3-8-12(10)11/h1-7H,8-9H2,(H2,14,15). The van der Waals surface area contributed by atoms with E-state index >= 15 is 0 Å². The van der Waals surface area contributed by atoms with Gasteiger partial charge in [0.25, 0.3) is 0 Å². The zero-order valence-corrected chi connectivity index (χ0v) is 8.44. The lowest BCUT2D eigenvalue weighted by atomic mass is 9.96. The van der Waals surface area contributed by atoms with E-state index in [1.165, 1.54) is 11.1 Å². The molecule has 0 unspecified atom stereocenters. The van der Waals surface area contributed by atoms with Gasteiger partial charge in [-0.3, -0.25) is 4.79 Å². The first kappa shape index (κ1) is 9.71. The molecule has 0 fully saturated rings. The fourth-order valence-corrected chi connectivity index (χ4v) is 1.84. The Labute approximate surface area is 89.1 Å². The Balaban J connectivity index is 2.44. The topological polar surface area (TPSA) is 43.1 Å². The van der Waals surface area contributed by atoms with Crippen LogP contribution < -0.4 is 5.73 Å². The number of hydrogen-bond acceptors (Lipinski definition) is 1. The molecule has 0 aliphatic heterocycles.